The van der Waals surface area contributed by atoms with Crippen LogP contribution in [0.3, 0.4) is 0 Å². The second-order valence-corrected chi connectivity index (χ2v) is 7.74. The molecule has 0 aliphatic heterocycles. The van der Waals surface area contributed by atoms with Crippen molar-refractivity contribution in [2.45, 2.75) is 4.90 Å². The second kappa shape index (κ2) is 6.78. The summed E-state index contributed by atoms with van der Waals surface area (Å²) in [6.07, 6.45) is 0. The van der Waals surface area contributed by atoms with Crippen LogP contribution in [0.15, 0.2) is 77.7 Å². The first kappa shape index (κ1) is 17.7. The van der Waals surface area contributed by atoms with E-state index < -0.39 is 14.9 Å². The molecule has 0 spiro atoms. The van der Waals surface area contributed by atoms with Crippen molar-refractivity contribution in [3.8, 4) is 11.3 Å². The average molecular weight is 394 g/mol. The molecule has 4 rings (SSSR count). The van der Waals surface area contributed by atoms with Gasteiger partial charge in [-0.3, -0.25) is 19.9 Å². The van der Waals surface area contributed by atoms with Crippen molar-refractivity contribution in [3.63, 3.8) is 0 Å². The molecule has 0 bridgehead atoms. The van der Waals surface area contributed by atoms with Gasteiger partial charge in [0.1, 0.15) is 0 Å². The first-order valence-electron chi connectivity index (χ1n) is 8.25. The molecule has 1 heterocycles. The number of nitro groups is 1. The van der Waals surface area contributed by atoms with Crippen LogP contribution >= 0.6 is 0 Å². The zero-order valence-electron chi connectivity index (χ0n) is 14.4. The van der Waals surface area contributed by atoms with E-state index in [2.05, 4.69) is 14.9 Å². The molecular formula is C19H14N4O4S. The minimum atomic E-state index is -3.98. The smallest absolute Gasteiger partial charge is 0.270 e. The number of hydrogen-bond acceptors (Lipinski definition) is 5. The molecule has 0 saturated carbocycles. The highest BCUT2D eigenvalue weighted by molar-refractivity contribution is 7.92. The molecule has 3 aromatic carbocycles. The van der Waals surface area contributed by atoms with Gasteiger partial charge >= 0.3 is 0 Å². The number of fused-ring (bicyclic) bond motifs is 1. The summed E-state index contributed by atoms with van der Waals surface area (Å²) < 4.78 is 27.8. The number of nitro benzene ring substituents is 1. The summed E-state index contributed by atoms with van der Waals surface area (Å²) in [6, 6.07) is 19.4. The number of nitrogens with zero attached hydrogens (tertiary/aromatic N) is 2. The lowest BCUT2D eigenvalue weighted by Gasteiger charge is -2.08. The van der Waals surface area contributed by atoms with Crippen LogP contribution in [-0.2, 0) is 10.0 Å². The standard InChI is InChI=1S/C19H14N4O4S/c24-23(25)15-7-4-8-16(12-15)28(26,27)22-14-9-10-18-17(11-14)19(21-20-18)13-5-2-1-3-6-13/h1-12,22H,(H,20,21). The zero-order valence-corrected chi connectivity index (χ0v) is 15.2. The summed E-state index contributed by atoms with van der Waals surface area (Å²) in [5, 5.41) is 18.9. The van der Waals surface area contributed by atoms with Gasteiger partial charge < -0.3 is 0 Å². The van der Waals surface area contributed by atoms with Gasteiger partial charge in [-0.25, -0.2) is 8.42 Å². The second-order valence-electron chi connectivity index (χ2n) is 6.06. The third-order valence-electron chi connectivity index (χ3n) is 4.20. The highest BCUT2D eigenvalue weighted by Gasteiger charge is 2.18. The molecule has 0 fully saturated rings. The predicted molar refractivity (Wildman–Crippen MR) is 105 cm³/mol. The Labute approximate surface area is 160 Å². The van der Waals surface area contributed by atoms with Crippen molar-refractivity contribution in [1.29, 1.82) is 0 Å². The van der Waals surface area contributed by atoms with Crippen LogP contribution in [0.2, 0.25) is 0 Å². The lowest BCUT2D eigenvalue weighted by Crippen LogP contribution is -2.13. The minimum Gasteiger partial charge on any atom is -0.280 e. The van der Waals surface area contributed by atoms with E-state index in [-0.39, 0.29) is 10.6 Å². The van der Waals surface area contributed by atoms with E-state index in [4.69, 9.17) is 0 Å². The van der Waals surface area contributed by atoms with Crippen molar-refractivity contribution >= 4 is 32.3 Å². The summed E-state index contributed by atoms with van der Waals surface area (Å²) in [6.45, 7) is 0. The van der Waals surface area contributed by atoms with Crippen molar-refractivity contribution in [2.75, 3.05) is 4.72 Å². The normalized spacial score (nSPS) is 11.4. The Balaban J connectivity index is 1.72. The van der Waals surface area contributed by atoms with E-state index in [9.17, 15) is 18.5 Å². The highest BCUT2D eigenvalue weighted by atomic mass is 32.2. The number of H-pyrrole nitrogens is 1. The fourth-order valence-corrected chi connectivity index (χ4v) is 3.96. The highest BCUT2D eigenvalue weighted by Crippen LogP contribution is 2.29. The van der Waals surface area contributed by atoms with Gasteiger partial charge in [-0.15, -0.1) is 0 Å². The third kappa shape index (κ3) is 3.30. The van der Waals surface area contributed by atoms with Gasteiger partial charge in [0.15, 0.2) is 0 Å². The van der Waals surface area contributed by atoms with Gasteiger partial charge in [0.25, 0.3) is 15.7 Å². The molecule has 28 heavy (non-hydrogen) atoms. The van der Waals surface area contributed by atoms with E-state index in [1.165, 1.54) is 18.2 Å². The number of anilines is 1. The minimum absolute atomic E-state index is 0.183. The Hall–Kier alpha value is -3.72. The molecule has 9 heteroatoms. The van der Waals surface area contributed by atoms with Crippen LogP contribution in [0.1, 0.15) is 0 Å². The van der Waals surface area contributed by atoms with Crippen LogP contribution in [0.25, 0.3) is 22.2 Å². The Kier molecular flexibility index (Phi) is 4.28. The van der Waals surface area contributed by atoms with Crippen molar-refractivity contribution in [3.05, 3.63) is 82.9 Å². The monoisotopic (exact) mass is 394 g/mol. The quantitative estimate of drug-likeness (QED) is 0.393. The van der Waals surface area contributed by atoms with Gasteiger partial charge in [-0.05, 0) is 24.3 Å². The summed E-state index contributed by atoms with van der Waals surface area (Å²) in [5.41, 5.74) is 2.40. The maximum Gasteiger partial charge on any atom is 0.270 e. The van der Waals surface area contributed by atoms with Crippen molar-refractivity contribution < 1.29 is 13.3 Å². The third-order valence-corrected chi connectivity index (χ3v) is 5.58. The Bertz CT molecular complexity index is 1280. The van der Waals surface area contributed by atoms with Gasteiger partial charge in [-0.2, -0.15) is 5.10 Å². The van der Waals surface area contributed by atoms with Gasteiger partial charge in [0.05, 0.1) is 21.0 Å². The van der Waals surface area contributed by atoms with E-state index >= 15 is 0 Å². The lowest BCUT2D eigenvalue weighted by molar-refractivity contribution is -0.385. The molecule has 140 valence electrons. The van der Waals surface area contributed by atoms with E-state index in [1.54, 1.807) is 18.2 Å². The first-order chi connectivity index (χ1) is 13.4. The van der Waals surface area contributed by atoms with Crippen LogP contribution < -0.4 is 4.72 Å². The fourth-order valence-electron chi connectivity index (χ4n) is 2.87. The molecule has 2 N–H and O–H groups in total. The number of aromatic amines is 1. The van der Waals surface area contributed by atoms with Crippen LogP contribution in [0, 0.1) is 10.1 Å². The van der Waals surface area contributed by atoms with Crippen molar-refractivity contribution in [2.24, 2.45) is 0 Å². The SMILES string of the molecule is O=[N+]([O-])c1cccc(S(=O)(=O)Nc2ccc3[nH]nc(-c4ccccc4)c3c2)c1. The number of non-ortho nitro benzene ring substituents is 1. The molecule has 0 radical (unpaired) electrons. The number of nitrogens with one attached hydrogen (secondary N) is 2. The van der Waals surface area contributed by atoms with Crippen LogP contribution in [0.4, 0.5) is 11.4 Å². The van der Waals surface area contributed by atoms with Crippen LogP contribution in [0.5, 0.6) is 0 Å². The summed E-state index contributed by atoms with van der Waals surface area (Å²) in [7, 11) is -3.98. The van der Waals surface area contributed by atoms with E-state index in [0.29, 0.717) is 11.4 Å². The summed E-state index contributed by atoms with van der Waals surface area (Å²) in [5.74, 6) is 0. The van der Waals surface area contributed by atoms with Gasteiger partial charge in [-0.1, -0.05) is 36.4 Å². The summed E-state index contributed by atoms with van der Waals surface area (Å²) >= 11 is 0. The molecule has 0 atom stereocenters. The molecule has 0 amide bonds. The largest absolute Gasteiger partial charge is 0.280 e. The zero-order chi connectivity index (χ0) is 19.7. The van der Waals surface area contributed by atoms with E-state index in [1.807, 2.05) is 30.3 Å². The molecule has 0 unspecified atom stereocenters. The lowest BCUT2D eigenvalue weighted by atomic mass is 10.1. The number of aromatic nitrogens is 2. The van der Waals surface area contributed by atoms with Crippen molar-refractivity contribution in [1.82, 2.24) is 10.2 Å². The number of benzene rings is 3. The Morgan fingerprint density at radius 2 is 1.75 bits per heavy atom. The number of hydrogen-bond donors (Lipinski definition) is 2. The predicted octanol–water partition coefficient (Wildman–Crippen LogP) is 3.94. The average Bonchev–Trinajstić information content (AvgIpc) is 3.11. The molecule has 0 aliphatic rings. The Morgan fingerprint density at radius 1 is 0.964 bits per heavy atom. The Morgan fingerprint density at radius 3 is 2.50 bits per heavy atom. The molecule has 0 saturated heterocycles. The molecule has 0 aliphatic carbocycles. The first-order valence-corrected chi connectivity index (χ1v) is 9.73. The molecule has 8 nitrogen and oxygen atoms in total. The number of sulfonamides is 1. The molecular weight excluding hydrogens is 380 g/mol. The number of rotatable bonds is 5. The molecule has 1 aromatic heterocycles. The van der Waals surface area contributed by atoms with E-state index in [0.717, 1.165) is 22.5 Å². The van der Waals surface area contributed by atoms with Crippen LogP contribution in [-0.4, -0.2) is 23.5 Å². The topological polar surface area (TPSA) is 118 Å². The maximum absolute atomic E-state index is 12.6. The van der Waals surface area contributed by atoms with Gasteiger partial charge in [0.2, 0.25) is 0 Å². The summed E-state index contributed by atoms with van der Waals surface area (Å²) in [4.78, 5) is 10.1. The fraction of sp³-hybridized carbons (Fsp3) is 0. The maximum atomic E-state index is 12.6. The molecule has 4 aromatic rings. The van der Waals surface area contributed by atoms with Gasteiger partial charge in [0, 0.05) is 28.8 Å².